The first-order valence-corrected chi connectivity index (χ1v) is 9.71. The highest BCUT2D eigenvalue weighted by molar-refractivity contribution is 7.99. The van der Waals surface area contributed by atoms with Crippen molar-refractivity contribution in [3.05, 3.63) is 75.7 Å². The van der Waals surface area contributed by atoms with Gasteiger partial charge < -0.3 is 5.32 Å². The Balaban J connectivity index is 1.61. The summed E-state index contributed by atoms with van der Waals surface area (Å²) in [7, 11) is 0. The summed E-state index contributed by atoms with van der Waals surface area (Å²) in [5.41, 5.74) is 3.77. The zero-order valence-electron chi connectivity index (χ0n) is 15.4. The van der Waals surface area contributed by atoms with Gasteiger partial charge in [-0.1, -0.05) is 60.3 Å². The monoisotopic (exact) mass is 382 g/mol. The number of benzene rings is 2. The predicted molar refractivity (Wildman–Crippen MR) is 108 cm³/mol. The van der Waals surface area contributed by atoms with Crippen LogP contribution in [0.1, 0.15) is 16.7 Å². The smallest absolute Gasteiger partial charge is 0.325 e. The average Bonchev–Trinajstić information content (AvgIpc) is 3.02. The van der Waals surface area contributed by atoms with E-state index >= 15 is 0 Å². The fourth-order valence-electron chi connectivity index (χ4n) is 2.81. The van der Waals surface area contributed by atoms with Crippen molar-refractivity contribution in [3.63, 3.8) is 0 Å². The molecule has 0 radical (unpaired) electrons. The number of rotatable bonds is 7. The van der Waals surface area contributed by atoms with E-state index in [0.717, 1.165) is 28.8 Å². The molecule has 140 valence electrons. The number of nitrogens with zero attached hydrogens (tertiary/aromatic N) is 2. The number of thioether (sulfide) groups is 1. The minimum atomic E-state index is -0.261. The lowest BCUT2D eigenvalue weighted by Gasteiger charge is -2.11. The molecule has 2 N–H and O–H groups in total. The van der Waals surface area contributed by atoms with Crippen molar-refractivity contribution >= 4 is 23.4 Å². The molecule has 0 saturated heterocycles. The fraction of sp³-hybridized carbons (Fsp3) is 0.250. The van der Waals surface area contributed by atoms with Crippen LogP contribution in [0.2, 0.25) is 0 Å². The van der Waals surface area contributed by atoms with E-state index in [4.69, 9.17) is 0 Å². The molecule has 0 atom stereocenters. The molecule has 1 heterocycles. The number of amides is 1. The largest absolute Gasteiger partial charge is 0.343 e. The summed E-state index contributed by atoms with van der Waals surface area (Å²) in [6.07, 6.45) is 0.725. The van der Waals surface area contributed by atoms with Gasteiger partial charge >= 0.3 is 5.69 Å². The Morgan fingerprint density at radius 2 is 1.81 bits per heavy atom. The zero-order valence-corrected chi connectivity index (χ0v) is 16.2. The van der Waals surface area contributed by atoms with E-state index in [1.54, 1.807) is 4.57 Å². The molecule has 6 nitrogen and oxygen atoms in total. The predicted octanol–water partition coefficient (Wildman–Crippen LogP) is 3.16. The molecule has 1 amide bonds. The quantitative estimate of drug-likeness (QED) is 0.615. The van der Waals surface area contributed by atoms with Crippen LogP contribution >= 0.6 is 11.8 Å². The molecule has 2 aromatic carbocycles. The highest BCUT2D eigenvalue weighted by atomic mass is 32.2. The van der Waals surface area contributed by atoms with E-state index in [0.29, 0.717) is 11.7 Å². The van der Waals surface area contributed by atoms with E-state index in [2.05, 4.69) is 15.5 Å². The van der Waals surface area contributed by atoms with E-state index < -0.39 is 0 Å². The Morgan fingerprint density at radius 1 is 1.11 bits per heavy atom. The van der Waals surface area contributed by atoms with Crippen LogP contribution in [0.4, 0.5) is 5.69 Å². The number of H-pyrrole nitrogens is 1. The number of para-hydroxylation sites is 1. The number of hydrogen-bond donors (Lipinski definition) is 2. The summed E-state index contributed by atoms with van der Waals surface area (Å²) in [6, 6.07) is 15.8. The van der Waals surface area contributed by atoms with Crippen molar-refractivity contribution in [3.8, 4) is 0 Å². The first-order chi connectivity index (χ1) is 13.0. The molecule has 0 aliphatic heterocycles. The maximum Gasteiger partial charge on any atom is 0.343 e. The van der Waals surface area contributed by atoms with Crippen LogP contribution in [0.5, 0.6) is 0 Å². The molecule has 0 aliphatic carbocycles. The van der Waals surface area contributed by atoms with Crippen molar-refractivity contribution in [2.24, 2.45) is 0 Å². The standard InChI is InChI=1S/C20H22N4O2S/c1-14-7-6-8-15(2)18(14)21-17(25)13-27-20-23-22-19(26)24(20)12-11-16-9-4-3-5-10-16/h3-10H,11-13H2,1-2H3,(H,21,25)(H,22,26). The summed E-state index contributed by atoms with van der Waals surface area (Å²) < 4.78 is 1.57. The third-order valence-electron chi connectivity index (χ3n) is 4.27. The summed E-state index contributed by atoms with van der Waals surface area (Å²) in [5, 5.41) is 9.99. The van der Waals surface area contributed by atoms with Crippen LogP contribution in [-0.2, 0) is 17.8 Å². The van der Waals surface area contributed by atoms with Gasteiger partial charge in [-0.15, -0.1) is 5.10 Å². The van der Waals surface area contributed by atoms with Gasteiger partial charge in [-0.25, -0.2) is 9.89 Å². The second kappa shape index (κ2) is 8.73. The number of carbonyl (C=O) groups excluding carboxylic acids is 1. The number of hydrogen-bond acceptors (Lipinski definition) is 4. The van der Waals surface area contributed by atoms with Crippen LogP contribution in [0.15, 0.2) is 58.5 Å². The van der Waals surface area contributed by atoms with Crippen molar-refractivity contribution in [2.45, 2.75) is 32.0 Å². The van der Waals surface area contributed by atoms with Crippen molar-refractivity contribution < 1.29 is 4.79 Å². The summed E-state index contributed by atoms with van der Waals surface area (Å²) >= 11 is 1.25. The lowest BCUT2D eigenvalue weighted by Crippen LogP contribution is -2.20. The van der Waals surface area contributed by atoms with Gasteiger partial charge in [0, 0.05) is 12.2 Å². The van der Waals surface area contributed by atoms with Gasteiger partial charge in [0.1, 0.15) is 0 Å². The van der Waals surface area contributed by atoms with Crippen LogP contribution in [0.3, 0.4) is 0 Å². The second-order valence-electron chi connectivity index (χ2n) is 6.30. The van der Waals surface area contributed by atoms with Gasteiger partial charge in [0.15, 0.2) is 5.16 Å². The number of anilines is 1. The van der Waals surface area contributed by atoms with Crippen LogP contribution in [0.25, 0.3) is 0 Å². The molecule has 0 spiro atoms. The van der Waals surface area contributed by atoms with Gasteiger partial charge in [0.25, 0.3) is 0 Å². The minimum Gasteiger partial charge on any atom is -0.325 e. The minimum absolute atomic E-state index is 0.123. The molecule has 0 aliphatic rings. The number of carbonyl (C=O) groups is 1. The summed E-state index contributed by atoms with van der Waals surface area (Å²) in [4.78, 5) is 24.3. The number of aryl methyl sites for hydroxylation is 3. The maximum absolute atomic E-state index is 12.3. The average molecular weight is 382 g/mol. The van der Waals surface area contributed by atoms with Gasteiger partial charge in [0.2, 0.25) is 5.91 Å². The Hall–Kier alpha value is -2.80. The number of aromatic amines is 1. The highest BCUT2D eigenvalue weighted by Crippen LogP contribution is 2.20. The van der Waals surface area contributed by atoms with E-state index in [-0.39, 0.29) is 17.3 Å². The molecule has 1 aromatic heterocycles. The van der Waals surface area contributed by atoms with Crippen LogP contribution < -0.4 is 11.0 Å². The van der Waals surface area contributed by atoms with Gasteiger partial charge in [0.05, 0.1) is 5.75 Å². The normalized spacial score (nSPS) is 10.7. The molecule has 3 rings (SSSR count). The highest BCUT2D eigenvalue weighted by Gasteiger charge is 2.13. The first kappa shape index (κ1) is 19.0. The Kier molecular flexibility index (Phi) is 6.13. The Bertz CT molecular complexity index is 959. The van der Waals surface area contributed by atoms with Gasteiger partial charge in [-0.3, -0.25) is 9.36 Å². The lowest BCUT2D eigenvalue weighted by molar-refractivity contribution is -0.113. The van der Waals surface area contributed by atoms with Crippen molar-refractivity contribution in [2.75, 3.05) is 11.1 Å². The van der Waals surface area contributed by atoms with E-state index in [1.165, 1.54) is 11.8 Å². The fourth-order valence-corrected chi connectivity index (χ4v) is 3.59. The molecular weight excluding hydrogens is 360 g/mol. The van der Waals surface area contributed by atoms with Gasteiger partial charge in [-0.05, 0) is 37.0 Å². The molecular formula is C20H22N4O2S. The molecule has 0 bridgehead atoms. The molecule has 0 unspecified atom stereocenters. The Labute approximate surface area is 162 Å². The SMILES string of the molecule is Cc1cccc(C)c1NC(=O)CSc1n[nH]c(=O)n1CCc1ccccc1. The molecule has 0 fully saturated rings. The molecule has 0 saturated carbocycles. The summed E-state index contributed by atoms with van der Waals surface area (Å²) in [6.45, 7) is 4.44. The molecule has 3 aromatic rings. The lowest BCUT2D eigenvalue weighted by atomic mass is 10.1. The van der Waals surface area contributed by atoms with E-state index in [1.807, 2.05) is 62.4 Å². The molecule has 27 heavy (non-hydrogen) atoms. The first-order valence-electron chi connectivity index (χ1n) is 8.72. The van der Waals surface area contributed by atoms with Crippen LogP contribution in [-0.4, -0.2) is 26.4 Å². The third kappa shape index (κ3) is 4.89. The zero-order chi connectivity index (χ0) is 19.2. The van der Waals surface area contributed by atoms with Crippen LogP contribution in [0, 0.1) is 13.8 Å². The van der Waals surface area contributed by atoms with Crippen molar-refractivity contribution in [1.82, 2.24) is 14.8 Å². The van der Waals surface area contributed by atoms with E-state index in [9.17, 15) is 9.59 Å². The third-order valence-corrected chi connectivity index (χ3v) is 5.24. The van der Waals surface area contributed by atoms with Gasteiger partial charge in [-0.2, -0.15) is 0 Å². The second-order valence-corrected chi connectivity index (χ2v) is 7.24. The number of nitrogens with one attached hydrogen (secondary N) is 2. The topological polar surface area (TPSA) is 79.8 Å². The maximum atomic E-state index is 12.3. The summed E-state index contributed by atoms with van der Waals surface area (Å²) in [5.74, 6) is 0.0612. The van der Waals surface area contributed by atoms with Crippen molar-refractivity contribution in [1.29, 1.82) is 0 Å². The number of aromatic nitrogens is 3. The molecule has 7 heteroatoms. The Morgan fingerprint density at radius 3 is 2.52 bits per heavy atom.